The molecule has 3 unspecified atom stereocenters. The Balaban J connectivity index is 0.000000198. The Morgan fingerprint density at radius 2 is 1.29 bits per heavy atom. The first-order chi connectivity index (χ1) is 23.4. The summed E-state index contributed by atoms with van der Waals surface area (Å²) in [5.74, 6) is 0.601. The molecule has 4 aromatic rings. The van der Waals surface area contributed by atoms with Crippen molar-refractivity contribution in [2.45, 2.75) is 122 Å². The second-order valence-electron chi connectivity index (χ2n) is 13.3. The summed E-state index contributed by atoms with van der Waals surface area (Å²) < 4.78 is 0. The molecule has 5 rings (SSSR count). The van der Waals surface area contributed by atoms with Crippen molar-refractivity contribution in [3.63, 3.8) is 0 Å². The maximum Gasteiger partial charge on any atom is 0.224 e. The van der Waals surface area contributed by atoms with Crippen LogP contribution >= 0.6 is 0 Å². The summed E-state index contributed by atoms with van der Waals surface area (Å²) in [4.78, 5) is 15.4. The van der Waals surface area contributed by atoms with E-state index < -0.39 is 5.60 Å². The van der Waals surface area contributed by atoms with Crippen molar-refractivity contribution in [2.75, 3.05) is 0 Å². The number of carbonyl (C=O) groups is 1. The van der Waals surface area contributed by atoms with Gasteiger partial charge in [0.2, 0.25) is 5.91 Å². The number of nitrogens with two attached hydrogens (primary N) is 1. The van der Waals surface area contributed by atoms with Gasteiger partial charge in [-0.15, -0.1) is 0 Å². The predicted molar refractivity (Wildman–Crippen MR) is 202 cm³/mol. The van der Waals surface area contributed by atoms with Crippen LogP contribution in [0.4, 0.5) is 0 Å². The summed E-state index contributed by atoms with van der Waals surface area (Å²) in [7, 11) is 0. The molecule has 48 heavy (non-hydrogen) atoms. The number of amides is 1. The molecular formula is C44H60N2O2. The third-order valence-electron chi connectivity index (χ3n) is 9.72. The average Bonchev–Trinajstić information content (AvgIpc) is 3.15. The Bertz CT molecular complexity index is 1340. The molecule has 0 saturated heterocycles. The molecule has 3 aromatic carbocycles. The number of carbonyl (C=O) groups excluding carboxylic acids is 1. The number of nitrogens with zero attached hydrogens (tertiary/aromatic N) is 1. The van der Waals surface area contributed by atoms with Gasteiger partial charge in [-0.2, -0.15) is 0 Å². The summed E-state index contributed by atoms with van der Waals surface area (Å²) in [6.07, 6.45) is 18.8. The van der Waals surface area contributed by atoms with E-state index in [1.165, 1.54) is 62.5 Å². The number of benzene rings is 3. The van der Waals surface area contributed by atoms with Gasteiger partial charge in [-0.25, -0.2) is 0 Å². The van der Waals surface area contributed by atoms with E-state index >= 15 is 0 Å². The lowest BCUT2D eigenvalue weighted by molar-refractivity contribution is -0.119. The molecule has 4 heteroatoms. The molecule has 1 aliphatic carbocycles. The fourth-order valence-corrected chi connectivity index (χ4v) is 6.99. The molecule has 0 spiro atoms. The fourth-order valence-electron chi connectivity index (χ4n) is 6.99. The van der Waals surface area contributed by atoms with Crippen LogP contribution in [0.5, 0.6) is 0 Å². The van der Waals surface area contributed by atoms with E-state index in [0.717, 1.165) is 43.2 Å². The zero-order valence-corrected chi connectivity index (χ0v) is 29.8. The summed E-state index contributed by atoms with van der Waals surface area (Å²) in [6.45, 7) is 6.50. The minimum absolute atomic E-state index is 0.119. The van der Waals surface area contributed by atoms with Crippen molar-refractivity contribution in [1.29, 1.82) is 0 Å². The first-order valence-corrected chi connectivity index (χ1v) is 18.5. The van der Waals surface area contributed by atoms with Crippen LogP contribution in [0.1, 0.15) is 138 Å². The number of aliphatic hydroxyl groups is 1. The second kappa shape index (κ2) is 22.0. The molecule has 0 aliphatic heterocycles. The van der Waals surface area contributed by atoms with Crippen molar-refractivity contribution >= 4 is 5.91 Å². The molecule has 0 bridgehead atoms. The maximum absolute atomic E-state index is 11.2. The molecule has 3 N–H and O–H groups in total. The van der Waals surface area contributed by atoms with Crippen LogP contribution < -0.4 is 5.73 Å². The van der Waals surface area contributed by atoms with Crippen LogP contribution in [-0.4, -0.2) is 16.0 Å². The van der Waals surface area contributed by atoms with Crippen molar-refractivity contribution in [3.05, 3.63) is 138 Å². The second-order valence-corrected chi connectivity index (χ2v) is 13.3. The number of hydrogen-bond donors (Lipinski definition) is 2. The van der Waals surface area contributed by atoms with E-state index in [0.29, 0.717) is 11.8 Å². The van der Waals surface area contributed by atoms with Gasteiger partial charge in [-0.1, -0.05) is 169 Å². The Kier molecular flexibility index (Phi) is 17.7. The number of primary amides is 1. The Morgan fingerprint density at radius 1 is 0.729 bits per heavy atom. The van der Waals surface area contributed by atoms with Crippen LogP contribution in [0, 0.1) is 5.92 Å². The SMILES string of the molecule is CCCC(C(N)=O)c1ccccc1.CCCCC(O)(c1ccccc1)C1CCCCC1.CCCCC(c1ccccc1)c1cccnc1. The highest BCUT2D eigenvalue weighted by atomic mass is 16.3. The Hall–Kier alpha value is -3.76. The topological polar surface area (TPSA) is 76.2 Å². The summed E-state index contributed by atoms with van der Waals surface area (Å²) in [5, 5.41) is 11.2. The molecule has 258 valence electrons. The lowest BCUT2D eigenvalue weighted by Crippen LogP contribution is -2.36. The van der Waals surface area contributed by atoms with Crippen molar-refractivity contribution in [3.8, 4) is 0 Å². The molecule has 1 heterocycles. The van der Waals surface area contributed by atoms with E-state index in [9.17, 15) is 9.90 Å². The molecule has 3 atom stereocenters. The van der Waals surface area contributed by atoms with Crippen LogP contribution in [-0.2, 0) is 10.4 Å². The highest BCUT2D eigenvalue weighted by molar-refractivity contribution is 5.81. The number of pyridine rings is 1. The lowest BCUT2D eigenvalue weighted by atomic mass is 9.71. The highest BCUT2D eigenvalue weighted by Gasteiger charge is 2.38. The molecule has 0 radical (unpaired) electrons. The van der Waals surface area contributed by atoms with Gasteiger partial charge in [0.05, 0.1) is 11.5 Å². The third kappa shape index (κ3) is 12.4. The van der Waals surface area contributed by atoms with Crippen molar-refractivity contribution in [1.82, 2.24) is 4.98 Å². The zero-order chi connectivity index (χ0) is 34.5. The quantitative estimate of drug-likeness (QED) is 0.143. The van der Waals surface area contributed by atoms with Crippen LogP contribution in [0.15, 0.2) is 116 Å². The molecular weight excluding hydrogens is 588 g/mol. The maximum atomic E-state index is 11.2. The zero-order valence-electron chi connectivity index (χ0n) is 29.8. The van der Waals surface area contributed by atoms with Crippen LogP contribution in [0.3, 0.4) is 0 Å². The summed E-state index contributed by atoms with van der Waals surface area (Å²) in [6, 6.07) is 35.0. The van der Waals surface area contributed by atoms with Crippen LogP contribution in [0.2, 0.25) is 0 Å². The van der Waals surface area contributed by atoms with Gasteiger partial charge in [0.15, 0.2) is 0 Å². The monoisotopic (exact) mass is 648 g/mol. The first-order valence-electron chi connectivity index (χ1n) is 18.5. The minimum Gasteiger partial charge on any atom is -0.385 e. The van der Waals surface area contributed by atoms with E-state index in [4.69, 9.17) is 5.73 Å². The third-order valence-corrected chi connectivity index (χ3v) is 9.72. The normalized spacial score (nSPS) is 15.4. The Morgan fingerprint density at radius 3 is 1.81 bits per heavy atom. The molecule has 1 aliphatic rings. The summed E-state index contributed by atoms with van der Waals surface area (Å²) in [5.41, 5.74) is 9.61. The molecule has 1 fully saturated rings. The fraction of sp³-hybridized carbons (Fsp3) is 0.455. The smallest absolute Gasteiger partial charge is 0.224 e. The van der Waals surface area contributed by atoms with E-state index in [2.05, 4.69) is 86.4 Å². The van der Waals surface area contributed by atoms with E-state index in [-0.39, 0.29) is 11.8 Å². The molecule has 1 saturated carbocycles. The highest BCUT2D eigenvalue weighted by Crippen LogP contribution is 2.42. The lowest BCUT2D eigenvalue weighted by Gasteiger charge is -2.39. The Labute approximate surface area is 291 Å². The van der Waals surface area contributed by atoms with Crippen molar-refractivity contribution < 1.29 is 9.90 Å². The van der Waals surface area contributed by atoms with Gasteiger partial charge in [-0.3, -0.25) is 9.78 Å². The molecule has 1 amide bonds. The van der Waals surface area contributed by atoms with Gasteiger partial charge >= 0.3 is 0 Å². The predicted octanol–water partition coefficient (Wildman–Crippen LogP) is 11.1. The van der Waals surface area contributed by atoms with Gasteiger partial charge in [-0.05, 0) is 66.3 Å². The van der Waals surface area contributed by atoms with Gasteiger partial charge in [0.25, 0.3) is 0 Å². The number of aromatic nitrogens is 1. The standard InChI is InChI=1S/C17H26O.C16H19N.C11H15NO/c1-2-3-14-17(18,15-10-6-4-7-11-15)16-12-8-5-9-13-16;1-2-3-11-16(14-8-5-4-6-9-14)15-10-7-12-17-13-15;1-2-6-10(11(12)13)9-7-4-3-5-8-9/h4,6-7,10-11,16,18H,2-3,5,8-9,12-14H2,1H3;4-10,12-13,16H,2-3,11H2,1H3;3-5,7-8,10H,2,6H2,1H3,(H2,12,13). The summed E-state index contributed by atoms with van der Waals surface area (Å²) >= 11 is 0. The number of rotatable bonds is 14. The molecule has 1 aromatic heterocycles. The first kappa shape index (κ1) is 38.7. The van der Waals surface area contributed by atoms with E-state index in [1.807, 2.05) is 54.9 Å². The van der Waals surface area contributed by atoms with E-state index in [1.54, 1.807) is 0 Å². The number of hydrogen-bond acceptors (Lipinski definition) is 3. The minimum atomic E-state index is -0.586. The van der Waals surface area contributed by atoms with Gasteiger partial charge in [0, 0.05) is 18.3 Å². The molecule has 4 nitrogen and oxygen atoms in total. The number of unbranched alkanes of at least 4 members (excludes halogenated alkanes) is 2. The average molecular weight is 649 g/mol. The van der Waals surface area contributed by atoms with Gasteiger partial charge < -0.3 is 10.8 Å². The van der Waals surface area contributed by atoms with Crippen LogP contribution in [0.25, 0.3) is 0 Å². The van der Waals surface area contributed by atoms with Gasteiger partial charge in [0.1, 0.15) is 0 Å². The largest absolute Gasteiger partial charge is 0.385 e. The van der Waals surface area contributed by atoms with Crippen molar-refractivity contribution in [2.24, 2.45) is 11.7 Å².